The van der Waals surface area contributed by atoms with Gasteiger partial charge in [-0.2, -0.15) is 0 Å². The molecule has 2 heterocycles. The highest BCUT2D eigenvalue weighted by Crippen LogP contribution is 2.30. The number of benzene rings is 1. The lowest BCUT2D eigenvalue weighted by Crippen LogP contribution is -2.58. The van der Waals surface area contributed by atoms with Crippen molar-refractivity contribution in [2.24, 2.45) is 5.73 Å². The van der Waals surface area contributed by atoms with Crippen LogP contribution in [-0.2, 0) is 44.5 Å². The zero-order chi connectivity index (χ0) is 34.8. The van der Waals surface area contributed by atoms with Crippen LogP contribution in [-0.4, -0.2) is 146 Å². The third kappa shape index (κ3) is 10.8. The summed E-state index contributed by atoms with van der Waals surface area (Å²) in [5, 5.41) is 77.4. The molecule has 47 heavy (non-hydrogen) atoms. The molecule has 1 aromatic rings. The minimum absolute atomic E-state index is 0.187. The van der Waals surface area contributed by atoms with Crippen LogP contribution in [0.3, 0.4) is 0 Å². The largest absolute Gasteiger partial charge is 0.463 e. The quantitative estimate of drug-likeness (QED) is 0.0659. The molecule has 264 valence electrons. The van der Waals surface area contributed by atoms with Crippen LogP contribution in [0.15, 0.2) is 18.2 Å². The van der Waals surface area contributed by atoms with Crippen molar-refractivity contribution in [1.82, 2.24) is 0 Å². The molecule has 1 aromatic carbocycles. The summed E-state index contributed by atoms with van der Waals surface area (Å²) < 4.78 is 30.2. The molecule has 2 aliphatic rings. The van der Waals surface area contributed by atoms with Gasteiger partial charge in [-0.05, 0) is 30.7 Å². The summed E-state index contributed by atoms with van der Waals surface area (Å²) in [6.07, 6.45) is -18.3. The minimum Gasteiger partial charge on any atom is -0.463 e. The first-order valence-electron chi connectivity index (χ1n) is 14.5. The van der Waals surface area contributed by atoms with Gasteiger partial charge < -0.3 is 75.0 Å². The van der Waals surface area contributed by atoms with E-state index in [2.05, 4.69) is 0 Å². The Bertz CT molecular complexity index is 1230. The van der Waals surface area contributed by atoms with E-state index in [0.29, 0.717) is 12.0 Å². The van der Waals surface area contributed by atoms with E-state index in [0.717, 1.165) is 0 Å². The maximum Gasteiger partial charge on any atom is 0.311 e. The number of esters is 4. The van der Waals surface area contributed by atoms with Crippen molar-refractivity contribution >= 4 is 23.9 Å². The normalized spacial score (nSPS) is 30.7. The highest BCUT2D eigenvalue weighted by atomic mass is 16.7. The molecule has 10 N–H and O–H groups in total. The van der Waals surface area contributed by atoms with Crippen molar-refractivity contribution in [3.63, 3.8) is 0 Å². The summed E-state index contributed by atoms with van der Waals surface area (Å²) in [5.74, 6) is -4.06. The van der Waals surface area contributed by atoms with Crippen LogP contribution in [0.25, 0.3) is 0 Å². The fraction of sp³-hybridized carbons (Fsp3) is 0.643. The highest BCUT2D eigenvalue weighted by Gasteiger charge is 2.44. The first-order valence-corrected chi connectivity index (χ1v) is 14.5. The van der Waals surface area contributed by atoms with Gasteiger partial charge in [0.1, 0.15) is 62.0 Å². The number of aliphatic hydroxyl groups excluding tert-OH is 8. The number of carbonyl (C=O) groups excluding carboxylic acids is 4. The number of aliphatic hydroxyl groups is 8. The van der Waals surface area contributed by atoms with Gasteiger partial charge in [0.05, 0.1) is 25.7 Å². The number of hydrogen-bond acceptors (Lipinski definition) is 19. The summed E-state index contributed by atoms with van der Waals surface area (Å²) in [6.45, 7) is -0.954. The molecule has 3 rings (SSSR count). The molecule has 2 aliphatic heterocycles. The van der Waals surface area contributed by atoms with Crippen LogP contribution < -0.4 is 15.2 Å². The fourth-order valence-corrected chi connectivity index (χ4v) is 4.43. The van der Waals surface area contributed by atoms with Crippen molar-refractivity contribution in [2.75, 3.05) is 19.8 Å². The van der Waals surface area contributed by atoms with Crippen molar-refractivity contribution in [3.05, 3.63) is 23.8 Å². The first-order chi connectivity index (χ1) is 22.2. The molecule has 0 bridgehead atoms. The van der Waals surface area contributed by atoms with E-state index in [1.165, 1.54) is 12.1 Å². The molecule has 0 aromatic heterocycles. The predicted octanol–water partition coefficient (Wildman–Crippen LogP) is -4.75. The summed E-state index contributed by atoms with van der Waals surface area (Å²) in [4.78, 5) is 49.2. The molecule has 0 spiro atoms. The molecule has 2 fully saturated rings. The first kappa shape index (κ1) is 38.1. The Balaban J connectivity index is 1.47. The molecule has 19 nitrogen and oxygen atoms in total. The maximum absolute atomic E-state index is 12.5. The van der Waals surface area contributed by atoms with Gasteiger partial charge >= 0.3 is 23.9 Å². The zero-order valence-corrected chi connectivity index (χ0v) is 24.9. The average Bonchev–Trinajstić information content (AvgIpc) is 3.04. The lowest BCUT2D eigenvalue weighted by Gasteiger charge is -2.37. The molecular weight excluding hydrogens is 638 g/mol. The van der Waals surface area contributed by atoms with E-state index >= 15 is 0 Å². The topological polar surface area (TPSA) is 312 Å². The van der Waals surface area contributed by atoms with Gasteiger partial charge in [0.25, 0.3) is 0 Å². The Kier molecular flexibility index (Phi) is 14.4. The minimum atomic E-state index is -1.82. The SMILES string of the molecule is NCCc1ccc(OC(=O)CCC(=O)OC[C@H]2O[C@@H](O)[C@H](O)[C@@H](O)[C@@H]2O)c(OC(=O)CCC(=O)OC[C@H]2O[C@@H](O)[C@H](O)[C@@H](O)[C@@H]2O)c1. The fourth-order valence-electron chi connectivity index (χ4n) is 4.43. The molecule has 0 radical (unpaired) electrons. The second-order valence-electron chi connectivity index (χ2n) is 10.7. The van der Waals surface area contributed by atoms with Crippen molar-refractivity contribution in [3.8, 4) is 11.5 Å². The van der Waals surface area contributed by atoms with Gasteiger partial charge in [0.2, 0.25) is 0 Å². The van der Waals surface area contributed by atoms with Crippen LogP contribution in [0, 0.1) is 0 Å². The van der Waals surface area contributed by atoms with E-state index in [1.54, 1.807) is 6.07 Å². The van der Waals surface area contributed by atoms with Crippen LogP contribution in [0.2, 0.25) is 0 Å². The molecular formula is C28H39NO18. The molecule has 10 atom stereocenters. The average molecular weight is 678 g/mol. The van der Waals surface area contributed by atoms with Crippen molar-refractivity contribution in [2.45, 2.75) is 93.5 Å². The summed E-state index contributed by atoms with van der Waals surface area (Å²) in [5.41, 5.74) is 6.20. The van der Waals surface area contributed by atoms with E-state index in [-0.39, 0.29) is 18.0 Å². The van der Waals surface area contributed by atoms with Crippen molar-refractivity contribution < 1.29 is 88.5 Å². The Labute approximate surface area is 266 Å². The third-order valence-corrected chi connectivity index (χ3v) is 7.15. The number of carbonyl (C=O) groups is 4. The second kappa shape index (κ2) is 17.7. The Hall–Kier alpha value is -3.34. The van der Waals surface area contributed by atoms with E-state index < -0.39 is 124 Å². The van der Waals surface area contributed by atoms with E-state index in [9.17, 15) is 60.0 Å². The van der Waals surface area contributed by atoms with Crippen molar-refractivity contribution in [1.29, 1.82) is 0 Å². The molecule has 0 unspecified atom stereocenters. The lowest BCUT2D eigenvalue weighted by atomic mass is 9.99. The third-order valence-electron chi connectivity index (χ3n) is 7.15. The van der Waals surface area contributed by atoms with Gasteiger partial charge in [-0.1, -0.05) is 6.07 Å². The Morgan fingerprint density at radius 2 is 1.02 bits per heavy atom. The summed E-state index contributed by atoms with van der Waals surface area (Å²) >= 11 is 0. The second-order valence-corrected chi connectivity index (χ2v) is 10.7. The standard InChI is InChI=1S/C28H39NO18/c29-8-7-12-1-2-13(44-19(32)5-3-17(30)42-10-15-21(34)23(36)25(38)27(40)46-15)14(9-12)45-20(33)6-4-18(31)43-11-16-22(35)24(37)26(39)28(41)47-16/h1-2,9,15-16,21-28,34-41H,3-8,10-11,29H2/t15-,16-,21-,22-,23+,24+,25-,26-,27-,28-/m1/s1. The highest BCUT2D eigenvalue weighted by molar-refractivity contribution is 5.81. The van der Waals surface area contributed by atoms with Crippen LogP contribution in [0.4, 0.5) is 0 Å². The maximum atomic E-state index is 12.5. The molecule has 0 saturated carbocycles. The van der Waals surface area contributed by atoms with E-state index in [1.807, 2.05) is 0 Å². The van der Waals surface area contributed by atoms with Crippen LogP contribution in [0.1, 0.15) is 31.2 Å². The predicted molar refractivity (Wildman–Crippen MR) is 149 cm³/mol. The lowest BCUT2D eigenvalue weighted by molar-refractivity contribution is -0.287. The van der Waals surface area contributed by atoms with Gasteiger partial charge in [-0.25, -0.2) is 0 Å². The van der Waals surface area contributed by atoms with E-state index in [4.69, 9.17) is 34.2 Å². The monoisotopic (exact) mass is 677 g/mol. The van der Waals surface area contributed by atoms with Gasteiger partial charge in [-0.15, -0.1) is 0 Å². The number of ether oxygens (including phenoxy) is 6. The number of nitrogens with two attached hydrogens (primary N) is 1. The summed E-state index contributed by atoms with van der Waals surface area (Å²) in [6, 6.07) is 4.28. The molecule has 2 saturated heterocycles. The Morgan fingerprint density at radius 1 is 0.596 bits per heavy atom. The molecule has 0 aliphatic carbocycles. The van der Waals surface area contributed by atoms with Gasteiger partial charge in [0.15, 0.2) is 24.1 Å². The van der Waals surface area contributed by atoms with Gasteiger partial charge in [0, 0.05) is 0 Å². The van der Waals surface area contributed by atoms with Gasteiger partial charge in [-0.3, -0.25) is 19.2 Å². The molecule has 19 heteroatoms. The smallest absolute Gasteiger partial charge is 0.311 e. The summed E-state index contributed by atoms with van der Waals surface area (Å²) in [7, 11) is 0. The Morgan fingerprint density at radius 3 is 1.47 bits per heavy atom. The number of hydrogen-bond donors (Lipinski definition) is 9. The zero-order valence-electron chi connectivity index (χ0n) is 24.9. The number of rotatable bonds is 14. The van der Waals surface area contributed by atoms with Crippen LogP contribution in [0.5, 0.6) is 11.5 Å². The molecule has 0 amide bonds. The van der Waals surface area contributed by atoms with Crippen LogP contribution >= 0.6 is 0 Å².